The lowest BCUT2D eigenvalue weighted by molar-refractivity contribution is -0.716. The number of fused-ring (bicyclic) bond motifs is 1. The molecule has 2 heterocycles. The quantitative estimate of drug-likeness (QED) is 0.489. The first-order valence-corrected chi connectivity index (χ1v) is 11.0. The molecule has 1 aliphatic carbocycles. The number of carbonyl (C=O) groups is 1. The highest BCUT2D eigenvalue weighted by molar-refractivity contribution is 6.07. The molecule has 0 atom stereocenters. The molecule has 0 bridgehead atoms. The molecule has 3 aromatic rings. The van der Waals surface area contributed by atoms with Crippen molar-refractivity contribution in [1.82, 2.24) is 4.98 Å². The smallest absolute Gasteiger partial charge is 0.169 e. The number of rotatable bonds is 4. The average Bonchev–Trinajstić information content (AvgIpc) is 3.07. The number of nitrogens with zero attached hydrogens (tertiary/aromatic N) is 1. The Balaban J connectivity index is 0.00000124. The summed E-state index contributed by atoms with van der Waals surface area (Å²) in [5.41, 5.74) is 5.77. The highest BCUT2D eigenvalue weighted by Gasteiger charge is 2.35. The van der Waals surface area contributed by atoms with Crippen molar-refractivity contribution in [3.05, 3.63) is 66.1 Å². The Hall–Kier alpha value is -2.88. The molecule has 158 valence electrons. The van der Waals surface area contributed by atoms with E-state index in [0.717, 1.165) is 40.3 Å². The molecule has 0 amide bonds. The van der Waals surface area contributed by atoms with Gasteiger partial charge in [0.2, 0.25) is 0 Å². The van der Waals surface area contributed by atoms with Crippen LogP contribution in [0.5, 0.6) is 0 Å². The second-order valence-electron chi connectivity index (χ2n) is 8.79. The molecule has 30 heavy (non-hydrogen) atoms. The van der Waals surface area contributed by atoms with Crippen molar-refractivity contribution in [3.8, 4) is 11.3 Å². The Morgan fingerprint density at radius 1 is 1.00 bits per heavy atom. The minimum Gasteiger partial charge on any atom is -0.356 e. The van der Waals surface area contributed by atoms with Gasteiger partial charge in [-0.3, -0.25) is 4.79 Å². The van der Waals surface area contributed by atoms with E-state index in [-0.39, 0.29) is 11.2 Å². The van der Waals surface area contributed by atoms with Crippen LogP contribution in [0.4, 0.5) is 11.4 Å². The van der Waals surface area contributed by atoms with Gasteiger partial charge in [-0.15, -0.1) is 0 Å². The van der Waals surface area contributed by atoms with Crippen molar-refractivity contribution >= 4 is 17.2 Å². The zero-order chi connectivity index (χ0) is 21.9. The second-order valence-corrected chi connectivity index (χ2v) is 8.79. The molecule has 0 saturated carbocycles. The Bertz CT molecular complexity index is 999. The molecule has 0 radical (unpaired) electrons. The van der Waals surface area contributed by atoms with Gasteiger partial charge in [-0.25, -0.2) is 4.57 Å². The number of Topliss-reactive ketones (excluding diaryl/α,β-unsaturated/α-hetero) is 1. The van der Waals surface area contributed by atoms with Crippen LogP contribution in [-0.2, 0) is 6.42 Å². The molecule has 0 fully saturated rings. The van der Waals surface area contributed by atoms with Gasteiger partial charge in [-0.05, 0) is 37.8 Å². The van der Waals surface area contributed by atoms with Gasteiger partial charge in [-0.2, -0.15) is 0 Å². The lowest BCUT2D eigenvalue weighted by Gasteiger charge is -2.28. The molecule has 4 heteroatoms. The maximum Gasteiger partial charge on any atom is 0.169 e. The van der Waals surface area contributed by atoms with Gasteiger partial charge in [0.1, 0.15) is 0 Å². The summed E-state index contributed by atoms with van der Waals surface area (Å²) < 4.78 is 2.17. The standard InChI is InChI=1S/C24H27N3O.C2H6/c1-16(2)27-12-10-17(11-13-27)22-23(25-18-8-6-5-7-9-18)21-19(26-22)14-24(3,4)15-20(21)28;1-2/h5-13,16H,14-15H2,1-4H3,(H,25,26,28);1-2H3/p+1. The SMILES string of the molecule is CC.CC(C)[n+]1ccc(-c2[nH]c3c(c2Nc2ccccc2)C(=O)CC(C)(C)C3)cc1. The molecule has 2 N–H and O–H groups in total. The maximum atomic E-state index is 13.0. The lowest BCUT2D eigenvalue weighted by Crippen LogP contribution is -2.34. The fourth-order valence-electron chi connectivity index (χ4n) is 4.01. The summed E-state index contributed by atoms with van der Waals surface area (Å²) in [5.74, 6) is 0.209. The van der Waals surface area contributed by atoms with E-state index >= 15 is 0 Å². The molecule has 0 aliphatic heterocycles. The first kappa shape index (κ1) is 21.8. The molecular weight excluding hydrogens is 370 g/mol. The third-order valence-electron chi connectivity index (χ3n) is 5.43. The molecule has 1 aromatic carbocycles. The van der Waals surface area contributed by atoms with Crippen LogP contribution in [0.15, 0.2) is 54.9 Å². The molecule has 4 rings (SSSR count). The minimum absolute atomic E-state index is 0.0203. The van der Waals surface area contributed by atoms with Crippen molar-refractivity contribution in [3.63, 3.8) is 0 Å². The maximum absolute atomic E-state index is 13.0. The molecular formula is C26H34N3O+. The van der Waals surface area contributed by atoms with Gasteiger partial charge < -0.3 is 10.3 Å². The number of nitrogens with one attached hydrogen (secondary N) is 2. The zero-order valence-electron chi connectivity index (χ0n) is 19.0. The largest absolute Gasteiger partial charge is 0.356 e. The molecule has 0 saturated heterocycles. The monoisotopic (exact) mass is 404 g/mol. The number of pyridine rings is 1. The van der Waals surface area contributed by atoms with Crippen molar-refractivity contribution in [2.45, 2.75) is 60.4 Å². The van der Waals surface area contributed by atoms with E-state index in [9.17, 15) is 4.79 Å². The minimum atomic E-state index is -0.0203. The van der Waals surface area contributed by atoms with Crippen LogP contribution < -0.4 is 9.88 Å². The number of aromatic amines is 1. The highest BCUT2D eigenvalue weighted by Crippen LogP contribution is 2.43. The summed E-state index contributed by atoms with van der Waals surface area (Å²) in [7, 11) is 0. The van der Waals surface area contributed by atoms with Gasteiger partial charge in [0, 0.05) is 35.5 Å². The number of benzene rings is 1. The van der Waals surface area contributed by atoms with E-state index in [1.54, 1.807) is 0 Å². The van der Waals surface area contributed by atoms with Crippen LogP contribution in [0.3, 0.4) is 0 Å². The molecule has 2 aromatic heterocycles. The van der Waals surface area contributed by atoms with Gasteiger partial charge in [0.25, 0.3) is 0 Å². The van der Waals surface area contributed by atoms with Crippen LogP contribution in [0.1, 0.15) is 70.1 Å². The zero-order valence-corrected chi connectivity index (χ0v) is 19.0. The summed E-state index contributed by atoms with van der Waals surface area (Å²) in [6, 6.07) is 14.7. The molecule has 0 unspecified atom stereocenters. The average molecular weight is 405 g/mol. The molecule has 0 spiro atoms. The van der Waals surface area contributed by atoms with Crippen LogP contribution in [0.2, 0.25) is 0 Å². The number of para-hydroxylation sites is 1. The molecule has 1 aliphatic rings. The highest BCUT2D eigenvalue weighted by atomic mass is 16.1. The first-order valence-electron chi connectivity index (χ1n) is 11.0. The van der Waals surface area contributed by atoms with E-state index in [1.165, 1.54) is 0 Å². The van der Waals surface area contributed by atoms with E-state index in [0.29, 0.717) is 12.5 Å². The molecule has 4 nitrogen and oxygen atoms in total. The van der Waals surface area contributed by atoms with Gasteiger partial charge >= 0.3 is 0 Å². The van der Waals surface area contributed by atoms with Gasteiger partial charge in [0.05, 0.1) is 16.9 Å². The normalized spacial score (nSPS) is 14.7. The van der Waals surface area contributed by atoms with Gasteiger partial charge in [0.15, 0.2) is 24.2 Å². The van der Waals surface area contributed by atoms with Crippen LogP contribution in [0, 0.1) is 5.41 Å². The van der Waals surface area contributed by atoms with Crippen molar-refractivity contribution in [1.29, 1.82) is 0 Å². The first-order chi connectivity index (χ1) is 14.3. The second kappa shape index (κ2) is 8.86. The fourth-order valence-corrected chi connectivity index (χ4v) is 4.01. The number of ketones is 1. The lowest BCUT2D eigenvalue weighted by atomic mass is 9.76. The topological polar surface area (TPSA) is 48.8 Å². The predicted octanol–water partition coefficient (Wildman–Crippen LogP) is 6.48. The summed E-state index contributed by atoms with van der Waals surface area (Å²) in [5, 5.41) is 3.52. The number of hydrogen-bond donors (Lipinski definition) is 2. The van der Waals surface area contributed by atoms with Crippen LogP contribution in [-0.4, -0.2) is 10.8 Å². The van der Waals surface area contributed by atoms with Crippen molar-refractivity contribution in [2.75, 3.05) is 5.32 Å². The van der Waals surface area contributed by atoms with E-state index in [1.807, 2.05) is 44.2 Å². The van der Waals surface area contributed by atoms with E-state index < -0.39 is 0 Å². The summed E-state index contributed by atoms with van der Waals surface area (Å²) in [4.78, 5) is 16.6. The Kier molecular flexibility index (Phi) is 6.45. The number of aromatic nitrogens is 2. The Morgan fingerprint density at radius 3 is 2.23 bits per heavy atom. The predicted molar refractivity (Wildman–Crippen MR) is 124 cm³/mol. The van der Waals surface area contributed by atoms with E-state index in [4.69, 9.17) is 0 Å². The number of anilines is 2. The van der Waals surface area contributed by atoms with Crippen molar-refractivity contribution < 1.29 is 9.36 Å². The van der Waals surface area contributed by atoms with Crippen LogP contribution in [0.25, 0.3) is 11.3 Å². The fraction of sp³-hybridized carbons (Fsp3) is 0.385. The Morgan fingerprint density at radius 2 is 1.63 bits per heavy atom. The number of carbonyl (C=O) groups excluding carboxylic acids is 1. The van der Waals surface area contributed by atoms with Gasteiger partial charge in [-0.1, -0.05) is 45.9 Å². The third-order valence-corrected chi connectivity index (χ3v) is 5.43. The third kappa shape index (κ3) is 4.48. The summed E-state index contributed by atoms with van der Waals surface area (Å²) >= 11 is 0. The Labute approximate surface area is 180 Å². The van der Waals surface area contributed by atoms with E-state index in [2.05, 4.69) is 67.1 Å². The summed E-state index contributed by atoms with van der Waals surface area (Å²) in [6.07, 6.45) is 5.63. The van der Waals surface area contributed by atoms with Crippen LogP contribution >= 0.6 is 0 Å². The number of H-pyrrole nitrogens is 1. The summed E-state index contributed by atoms with van der Waals surface area (Å²) in [6.45, 7) is 12.6. The van der Waals surface area contributed by atoms with Crippen molar-refractivity contribution in [2.24, 2.45) is 5.41 Å². The number of hydrogen-bond acceptors (Lipinski definition) is 2.